The lowest BCUT2D eigenvalue weighted by atomic mass is 10.3. The Morgan fingerprint density at radius 2 is 2.31 bits per heavy atom. The summed E-state index contributed by atoms with van der Waals surface area (Å²) in [6, 6.07) is 6.64. The number of rotatable bonds is 2. The minimum absolute atomic E-state index is 0.157. The van der Waals surface area contributed by atoms with Gasteiger partial charge in [-0.15, -0.1) is 0 Å². The standard InChI is InChI=1S/C10H7N5O/c11-6-7-1-3-13-9(5-7)15-4-2-8(14-15)10(12)16/h1-5H,(H2,12,16). The van der Waals surface area contributed by atoms with Crippen LogP contribution in [0.1, 0.15) is 16.1 Å². The van der Waals surface area contributed by atoms with E-state index in [2.05, 4.69) is 10.1 Å². The highest BCUT2D eigenvalue weighted by Crippen LogP contribution is 2.06. The van der Waals surface area contributed by atoms with Crippen LogP contribution in [0, 0.1) is 11.3 Å². The number of nitriles is 1. The van der Waals surface area contributed by atoms with Gasteiger partial charge < -0.3 is 5.73 Å². The fourth-order valence-electron chi connectivity index (χ4n) is 1.20. The number of aromatic nitrogens is 3. The largest absolute Gasteiger partial charge is 0.364 e. The second kappa shape index (κ2) is 3.82. The monoisotopic (exact) mass is 213 g/mol. The predicted octanol–water partition coefficient (Wildman–Crippen LogP) is 0.238. The first-order valence-corrected chi connectivity index (χ1v) is 4.42. The molecule has 0 saturated heterocycles. The van der Waals surface area contributed by atoms with Gasteiger partial charge >= 0.3 is 0 Å². The Morgan fingerprint density at radius 1 is 1.50 bits per heavy atom. The van der Waals surface area contributed by atoms with Gasteiger partial charge in [-0.05, 0) is 12.1 Å². The van der Waals surface area contributed by atoms with Crippen molar-refractivity contribution in [1.29, 1.82) is 5.26 Å². The van der Waals surface area contributed by atoms with E-state index in [1.807, 2.05) is 6.07 Å². The van der Waals surface area contributed by atoms with Gasteiger partial charge in [0.05, 0.1) is 11.6 Å². The van der Waals surface area contributed by atoms with Crippen LogP contribution >= 0.6 is 0 Å². The summed E-state index contributed by atoms with van der Waals surface area (Å²) in [4.78, 5) is 14.9. The maximum Gasteiger partial charge on any atom is 0.269 e. The maximum atomic E-state index is 10.8. The molecule has 2 aromatic heterocycles. The van der Waals surface area contributed by atoms with Gasteiger partial charge in [0.1, 0.15) is 5.69 Å². The van der Waals surface area contributed by atoms with Crippen molar-refractivity contribution in [2.24, 2.45) is 5.73 Å². The second-order valence-corrected chi connectivity index (χ2v) is 3.02. The molecule has 6 heteroatoms. The molecule has 0 aliphatic carbocycles. The minimum Gasteiger partial charge on any atom is -0.364 e. The maximum absolute atomic E-state index is 10.8. The summed E-state index contributed by atoms with van der Waals surface area (Å²) in [6.07, 6.45) is 3.06. The SMILES string of the molecule is N#Cc1ccnc(-n2ccc(C(N)=O)n2)c1. The molecule has 2 aromatic rings. The summed E-state index contributed by atoms with van der Waals surface area (Å²) in [5, 5.41) is 12.6. The van der Waals surface area contributed by atoms with Gasteiger partial charge in [-0.3, -0.25) is 4.79 Å². The predicted molar refractivity (Wildman–Crippen MR) is 54.6 cm³/mol. The molecule has 0 fully saturated rings. The lowest BCUT2D eigenvalue weighted by molar-refractivity contribution is 0.0995. The molecule has 0 aliphatic rings. The molecule has 16 heavy (non-hydrogen) atoms. The Balaban J connectivity index is 2.43. The van der Waals surface area contributed by atoms with Crippen molar-refractivity contribution in [2.45, 2.75) is 0 Å². The Labute approximate surface area is 90.9 Å². The molecule has 0 radical (unpaired) electrons. The Kier molecular flexibility index (Phi) is 2.36. The first kappa shape index (κ1) is 9.86. The van der Waals surface area contributed by atoms with E-state index in [-0.39, 0.29) is 5.69 Å². The van der Waals surface area contributed by atoms with Crippen LogP contribution in [-0.4, -0.2) is 20.7 Å². The van der Waals surface area contributed by atoms with Gasteiger partial charge in [-0.25, -0.2) is 9.67 Å². The molecule has 2 rings (SSSR count). The van der Waals surface area contributed by atoms with E-state index in [1.54, 1.807) is 18.3 Å². The molecule has 0 atom stereocenters. The molecule has 78 valence electrons. The molecule has 2 N–H and O–H groups in total. The Morgan fingerprint density at radius 3 is 2.94 bits per heavy atom. The average Bonchev–Trinajstić information content (AvgIpc) is 2.78. The van der Waals surface area contributed by atoms with Gasteiger partial charge in [0.25, 0.3) is 5.91 Å². The number of pyridine rings is 1. The fraction of sp³-hybridized carbons (Fsp3) is 0. The van der Waals surface area contributed by atoms with Crippen molar-refractivity contribution in [3.05, 3.63) is 41.9 Å². The van der Waals surface area contributed by atoms with Crippen molar-refractivity contribution in [2.75, 3.05) is 0 Å². The summed E-state index contributed by atoms with van der Waals surface area (Å²) in [5.74, 6) is -0.137. The normalized spacial score (nSPS) is 9.69. The van der Waals surface area contributed by atoms with Crippen LogP contribution in [0.5, 0.6) is 0 Å². The number of amides is 1. The third-order valence-corrected chi connectivity index (χ3v) is 1.95. The summed E-state index contributed by atoms with van der Waals surface area (Å²) in [7, 11) is 0. The molecule has 1 amide bonds. The van der Waals surface area contributed by atoms with Crippen LogP contribution in [0.25, 0.3) is 5.82 Å². The van der Waals surface area contributed by atoms with Crippen molar-refractivity contribution in [3.63, 3.8) is 0 Å². The molecule has 2 heterocycles. The lowest BCUT2D eigenvalue weighted by Gasteiger charge is -1.99. The minimum atomic E-state index is -0.602. The number of carbonyl (C=O) groups excluding carboxylic acids is 1. The second-order valence-electron chi connectivity index (χ2n) is 3.02. The smallest absolute Gasteiger partial charge is 0.269 e. The number of carbonyl (C=O) groups is 1. The van der Waals surface area contributed by atoms with Crippen molar-refractivity contribution < 1.29 is 4.79 Å². The van der Waals surface area contributed by atoms with Crippen LogP contribution in [0.4, 0.5) is 0 Å². The Hall–Kier alpha value is -2.68. The third kappa shape index (κ3) is 1.74. The first-order valence-electron chi connectivity index (χ1n) is 4.42. The van der Waals surface area contributed by atoms with Gasteiger partial charge in [0.15, 0.2) is 5.82 Å². The summed E-state index contributed by atoms with van der Waals surface area (Å²) < 4.78 is 1.39. The van der Waals surface area contributed by atoms with E-state index in [4.69, 9.17) is 11.0 Å². The van der Waals surface area contributed by atoms with Gasteiger partial charge in [-0.1, -0.05) is 0 Å². The highest BCUT2D eigenvalue weighted by molar-refractivity contribution is 5.90. The molecule has 0 spiro atoms. The fourth-order valence-corrected chi connectivity index (χ4v) is 1.20. The first-order chi connectivity index (χ1) is 7.70. The zero-order valence-electron chi connectivity index (χ0n) is 8.16. The molecule has 0 aromatic carbocycles. The van der Waals surface area contributed by atoms with E-state index in [1.165, 1.54) is 16.9 Å². The lowest BCUT2D eigenvalue weighted by Crippen LogP contribution is -2.12. The van der Waals surface area contributed by atoms with Crippen LogP contribution in [-0.2, 0) is 0 Å². The summed E-state index contributed by atoms with van der Waals surface area (Å²) in [5.41, 5.74) is 5.70. The van der Waals surface area contributed by atoms with Crippen molar-refractivity contribution in [3.8, 4) is 11.9 Å². The number of nitrogens with two attached hydrogens (primary N) is 1. The zero-order valence-corrected chi connectivity index (χ0v) is 8.16. The molecular weight excluding hydrogens is 206 g/mol. The topological polar surface area (TPSA) is 97.6 Å². The third-order valence-electron chi connectivity index (χ3n) is 1.95. The molecule has 6 nitrogen and oxygen atoms in total. The molecule has 0 aliphatic heterocycles. The summed E-state index contributed by atoms with van der Waals surface area (Å²) in [6.45, 7) is 0. The number of hydrogen-bond donors (Lipinski definition) is 1. The van der Waals surface area contributed by atoms with E-state index < -0.39 is 5.91 Å². The van der Waals surface area contributed by atoms with Crippen LogP contribution < -0.4 is 5.73 Å². The van der Waals surface area contributed by atoms with Gasteiger partial charge in [0.2, 0.25) is 0 Å². The number of nitrogens with zero attached hydrogens (tertiary/aromatic N) is 4. The molecule has 0 saturated carbocycles. The van der Waals surface area contributed by atoms with Gasteiger partial charge in [0, 0.05) is 18.5 Å². The number of primary amides is 1. The average molecular weight is 213 g/mol. The quantitative estimate of drug-likeness (QED) is 0.772. The van der Waals surface area contributed by atoms with Crippen LogP contribution in [0.2, 0.25) is 0 Å². The zero-order chi connectivity index (χ0) is 11.5. The van der Waals surface area contributed by atoms with E-state index >= 15 is 0 Å². The van der Waals surface area contributed by atoms with Crippen molar-refractivity contribution >= 4 is 5.91 Å². The van der Waals surface area contributed by atoms with E-state index in [0.29, 0.717) is 11.4 Å². The van der Waals surface area contributed by atoms with E-state index in [0.717, 1.165) is 0 Å². The summed E-state index contributed by atoms with van der Waals surface area (Å²) >= 11 is 0. The van der Waals surface area contributed by atoms with Gasteiger partial charge in [-0.2, -0.15) is 10.4 Å². The molecule has 0 unspecified atom stereocenters. The molecule has 0 bridgehead atoms. The highest BCUT2D eigenvalue weighted by atomic mass is 16.1. The molecular formula is C10H7N5O. The van der Waals surface area contributed by atoms with Crippen LogP contribution in [0.15, 0.2) is 30.6 Å². The highest BCUT2D eigenvalue weighted by Gasteiger charge is 2.06. The van der Waals surface area contributed by atoms with Crippen LogP contribution in [0.3, 0.4) is 0 Å². The van der Waals surface area contributed by atoms with Crippen molar-refractivity contribution in [1.82, 2.24) is 14.8 Å². The number of hydrogen-bond acceptors (Lipinski definition) is 4. The Bertz CT molecular complexity index is 581. The van der Waals surface area contributed by atoms with E-state index in [9.17, 15) is 4.79 Å².